The van der Waals surface area contributed by atoms with Crippen LogP contribution in [0.4, 0.5) is 22.0 Å². The fraction of sp³-hybridized carbons (Fsp3) is 0.312. The van der Waals surface area contributed by atoms with Gasteiger partial charge in [-0.15, -0.1) is 23.4 Å². The van der Waals surface area contributed by atoms with E-state index in [2.05, 4.69) is 19.9 Å². The van der Waals surface area contributed by atoms with Crippen LogP contribution in [0.1, 0.15) is 24.6 Å². The lowest BCUT2D eigenvalue weighted by Crippen LogP contribution is -2.34. The lowest BCUT2D eigenvalue weighted by atomic mass is 9.81. The highest BCUT2D eigenvalue weighted by Gasteiger charge is 2.47. The highest BCUT2D eigenvalue weighted by Crippen LogP contribution is 2.47. The summed E-state index contributed by atoms with van der Waals surface area (Å²) in [5.74, 6) is -2.99. The van der Waals surface area contributed by atoms with Crippen molar-refractivity contribution < 1.29 is 26.7 Å². The minimum absolute atomic E-state index is 0.283. The molecule has 26 heavy (non-hydrogen) atoms. The number of ether oxygens (including phenoxy) is 1. The molecule has 0 aliphatic heterocycles. The molecule has 1 aromatic carbocycles. The standard InChI is InChI=1S/C16H11F5N4O/c17-15(18)5-10(6-15)14-24-23-13-7-22-12(8-25(13)14)9-1-3-11(4-2-9)26-16(19,20)21/h1-4,7-8,10H,5-6H2. The maximum Gasteiger partial charge on any atom is 0.573 e. The monoisotopic (exact) mass is 370 g/mol. The third-order valence-electron chi connectivity index (χ3n) is 4.16. The van der Waals surface area contributed by atoms with Crippen LogP contribution in [-0.4, -0.2) is 31.9 Å². The molecule has 1 saturated carbocycles. The first-order chi connectivity index (χ1) is 12.2. The number of fused-ring (bicyclic) bond motifs is 1. The molecule has 1 aliphatic carbocycles. The van der Waals surface area contributed by atoms with Gasteiger partial charge in [0, 0.05) is 30.5 Å². The molecule has 1 aliphatic rings. The summed E-state index contributed by atoms with van der Waals surface area (Å²) in [6.45, 7) is 0. The summed E-state index contributed by atoms with van der Waals surface area (Å²) in [7, 11) is 0. The molecule has 4 rings (SSSR count). The van der Waals surface area contributed by atoms with Gasteiger partial charge in [-0.2, -0.15) is 0 Å². The van der Waals surface area contributed by atoms with E-state index in [1.165, 1.54) is 30.5 Å². The molecular formula is C16H11F5N4O. The second kappa shape index (κ2) is 5.61. The van der Waals surface area contributed by atoms with Gasteiger partial charge in [0.1, 0.15) is 11.6 Å². The molecule has 0 atom stereocenters. The Kier molecular flexibility index (Phi) is 3.60. The minimum Gasteiger partial charge on any atom is -0.406 e. The van der Waals surface area contributed by atoms with Crippen molar-refractivity contribution >= 4 is 5.65 Å². The van der Waals surface area contributed by atoms with Gasteiger partial charge >= 0.3 is 6.36 Å². The number of benzene rings is 1. The number of aromatic nitrogens is 4. The average Bonchev–Trinajstić information content (AvgIpc) is 2.94. The SMILES string of the molecule is FC1(F)CC(c2nnc3cnc(-c4ccc(OC(F)(F)F)cc4)cn23)C1. The Morgan fingerprint density at radius 2 is 1.77 bits per heavy atom. The molecule has 10 heteroatoms. The summed E-state index contributed by atoms with van der Waals surface area (Å²) >= 11 is 0. The van der Waals surface area contributed by atoms with E-state index in [1.54, 1.807) is 10.6 Å². The summed E-state index contributed by atoms with van der Waals surface area (Å²) in [5, 5.41) is 7.89. The number of nitrogens with zero attached hydrogens (tertiary/aromatic N) is 4. The van der Waals surface area contributed by atoms with Crippen LogP contribution in [0.25, 0.3) is 16.9 Å². The predicted octanol–water partition coefficient (Wildman–Crippen LogP) is 4.20. The van der Waals surface area contributed by atoms with E-state index < -0.39 is 18.2 Å². The van der Waals surface area contributed by atoms with Crippen LogP contribution in [-0.2, 0) is 0 Å². The Morgan fingerprint density at radius 1 is 1.08 bits per heavy atom. The Bertz CT molecular complexity index is 943. The first-order valence-corrected chi connectivity index (χ1v) is 7.65. The van der Waals surface area contributed by atoms with E-state index in [1.807, 2.05) is 0 Å². The van der Waals surface area contributed by atoms with Gasteiger partial charge in [-0.3, -0.25) is 9.38 Å². The second-order valence-electron chi connectivity index (χ2n) is 6.09. The molecule has 136 valence electrons. The van der Waals surface area contributed by atoms with Crippen LogP contribution in [0, 0.1) is 0 Å². The number of alkyl halides is 5. The van der Waals surface area contributed by atoms with Crippen LogP contribution in [0.3, 0.4) is 0 Å². The van der Waals surface area contributed by atoms with Crippen LogP contribution in [0.2, 0.25) is 0 Å². The number of halogens is 5. The molecule has 2 aromatic heterocycles. The molecule has 5 nitrogen and oxygen atoms in total. The van der Waals surface area contributed by atoms with Gasteiger partial charge in [0.05, 0.1) is 11.9 Å². The predicted molar refractivity (Wildman–Crippen MR) is 79.8 cm³/mol. The zero-order chi connectivity index (χ0) is 18.5. The quantitative estimate of drug-likeness (QED) is 0.649. The van der Waals surface area contributed by atoms with Crippen LogP contribution >= 0.6 is 0 Å². The van der Waals surface area contributed by atoms with Crippen LogP contribution in [0.5, 0.6) is 5.75 Å². The van der Waals surface area contributed by atoms with Gasteiger partial charge in [-0.05, 0) is 24.3 Å². The first kappa shape index (κ1) is 16.7. The molecule has 3 aromatic rings. The van der Waals surface area contributed by atoms with Crippen molar-refractivity contribution in [1.82, 2.24) is 19.6 Å². The molecule has 0 saturated heterocycles. The van der Waals surface area contributed by atoms with E-state index in [4.69, 9.17) is 0 Å². The van der Waals surface area contributed by atoms with Crippen molar-refractivity contribution in [2.45, 2.75) is 31.0 Å². The zero-order valence-corrected chi connectivity index (χ0v) is 13.0. The molecular weight excluding hydrogens is 359 g/mol. The first-order valence-electron chi connectivity index (χ1n) is 7.65. The Hall–Kier alpha value is -2.78. The van der Waals surface area contributed by atoms with Gasteiger partial charge < -0.3 is 4.74 Å². The fourth-order valence-corrected chi connectivity index (χ4v) is 2.92. The maximum absolute atomic E-state index is 13.1. The normalized spacial score (nSPS) is 17.3. The summed E-state index contributed by atoms with van der Waals surface area (Å²) in [6.07, 6.45) is -2.31. The van der Waals surface area contributed by atoms with E-state index in [9.17, 15) is 22.0 Å². The van der Waals surface area contributed by atoms with Crippen LogP contribution < -0.4 is 4.74 Å². The molecule has 0 radical (unpaired) electrons. The summed E-state index contributed by atoms with van der Waals surface area (Å²) < 4.78 is 68.3. The largest absolute Gasteiger partial charge is 0.573 e. The topological polar surface area (TPSA) is 52.3 Å². The van der Waals surface area contributed by atoms with Gasteiger partial charge in [0.2, 0.25) is 5.92 Å². The zero-order valence-electron chi connectivity index (χ0n) is 13.0. The second-order valence-corrected chi connectivity index (χ2v) is 6.09. The van der Waals surface area contributed by atoms with Crippen molar-refractivity contribution in [2.24, 2.45) is 0 Å². The Labute approximate surface area is 143 Å². The highest BCUT2D eigenvalue weighted by atomic mass is 19.4. The van der Waals surface area contributed by atoms with E-state index in [-0.39, 0.29) is 18.6 Å². The third kappa shape index (κ3) is 3.18. The fourth-order valence-electron chi connectivity index (χ4n) is 2.92. The Balaban J connectivity index is 1.63. The lowest BCUT2D eigenvalue weighted by Gasteiger charge is -2.33. The maximum atomic E-state index is 13.1. The van der Waals surface area contributed by atoms with Crippen molar-refractivity contribution in [1.29, 1.82) is 0 Å². The highest BCUT2D eigenvalue weighted by molar-refractivity contribution is 5.60. The van der Waals surface area contributed by atoms with Gasteiger partial charge in [-0.1, -0.05) is 0 Å². The third-order valence-corrected chi connectivity index (χ3v) is 4.16. The van der Waals surface area contributed by atoms with Crippen molar-refractivity contribution in [3.8, 4) is 17.0 Å². The molecule has 0 N–H and O–H groups in total. The van der Waals surface area contributed by atoms with Gasteiger partial charge in [-0.25, -0.2) is 8.78 Å². The number of rotatable bonds is 3. The smallest absolute Gasteiger partial charge is 0.406 e. The average molecular weight is 370 g/mol. The van der Waals surface area contributed by atoms with Crippen LogP contribution in [0.15, 0.2) is 36.7 Å². The van der Waals surface area contributed by atoms with E-state index in [0.717, 1.165) is 0 Å². The molecule has 0 amide bonds. The van der Waals surface area contributed by atoms with Gasteiger partial charge in [0.15, 0.2) is 5.65 Å². The molecule has 1 fully saturated rings. The van der Waals surface area contributed by atoms with Crippen molar-refractivity contribution in [3.63, 3.8) is 0 Å². The molecule has 2 heterocycles. The Morgan fingerprint density at radius 3 is 2.38 bits per heavy atom. The number of hydrogen-bond acceptors (Lipinski definition) is 4. The molecule has 0 spiro atoms. The van der Waals surface area contributed by atoms with E-state index in [0.29, 0.717) is 22.7 Å². The van der Waals surface area contributed by atoms with Crippen molar-refractivity contribution in [2.75, 3.05) is 0 Å². The number of hydrogen-bond donors (Lipinski definition) is 0. The molecule has 0 bridgehead atoms. The summed E-state index contributed by atoms with van der Waals surface area (Å²) in [4.78, 5) is 4.19. The lowest BCUT2D eigenvalue weighted by molar-refractivity contribution is -0.274. The van der Waals surface area contributed by atoms with E-state index >= 15 is 0 Å². The summed E-state index contributed by atoms with van der Waals surface area (Å²) in [5.41, 5.74) is 1.40. The van der Waals surface area contributed by atoms with Crippen molar-refractivity contribution in [3.05, 3.63) is 42.5 Å². The van der Waals surface area contributed by atoms with Gasteiger partial charge in [0.25, 0.3) is 0 Å². The molecule has 0 unspecified atom stereocenters. The minimum atomic E-state index is -4.76. The summed E-state index contributed by atoms with van der Waals surface area (Å²) in [6, 6.07) is 5.20.